The van der Waals surface area contributed by atoms with Crippen molar-refractivity contribution in [3.05, 3.63) is 21.6 Å². The van der Waals surface area contributed by atoms with Gasteiger partial charge in [0.25, 0.3) is 0 Å². The molecule has 2 heterocycles. The van der Waals surface area contributed by atoms with E-state index in [4.69, 9.17) is 10.5 Å². The molecule has 78 valence electrons. The molecular formula is C10H14FNOS. The maximum Gasteiger partial charge on any atom is 0.181 e. The first-order valence-electron chi connectivity index (χ1n) is 4.75. The molecule has 1 aromatic heterocycles. The van der Waals surface area contributed by atoms with E-state index in [9.17, 15) is 4.39 Å². The Balaban J connectivity index is 2.32. The van der Waals surface area contributed by atoms with Gasteiger partial charge in [-0.15, -0.1) is 11.3 Å². The van der Waals surface area contributed by atoms with Crippen molar-refractivity contribution in [2.75, 3.05) is 13.2 Å². The van der Waals surface area contributed by atoms with Crippen LogP contribution in [0.1, 0.15) is 23.3 Å². The van der Waals surface area contributed by atoms with Crippen LogP contribution in [-0.4, -0.2) is 13.2 Å². The summed E-state index contributed by atoms with van der Waals surface area (Å²) in [6.45, 7) is 3.16. The maximum atomic E-state index is 13.5. The monoisotopic (exact) mass is 215 g/mol. The molecule has 0 bridgehead atoms. The molecule has 0 spiro atoms. The maximum absolute atomic E-state index is 13.5. The van der Waals surface area contributed by atoms with Crippen LogP contribution in [0, 0.1) is 12.1 Å². The normalized spacial score (nSPS) is 21.1. The van der Waals surface area contributed by atoms with E-state index < -0.39 is 5.54 Å². The van der Waals surface area contributed by atoms with Gasteiger partial charge in [0.05, 0.1) is 0 Å². The largest absolute Gasteiger partial charge is 0.381 e. The molecule has 4 heteroatoms. The van der Waals surface area contributed by atoms with Crippen LogP contribution in [0.2, 0.25) is 0 Å². The minimum Gasteiger partial charge on any atom is -0.381 e. The molecule has 2 nitrogen and oxygen atoms in total. The molecule has 1 aliphatic rings. The third-order valence-electron chi connectivity index (χ3n) is 2.73. The predicted molar refractivity (Wildman–Crippen MR) is 54.9 cm³/mol. The van der Waals surface area contributed by atoms with E-state index >= 15 is 0 Å². The van der Waals surface area contributed by atoms with E-state index in [1.54, 1.807) is 0 Å². The van der Waals surface area contributed by atoms with Crippen LogP contribution in [0.25, 0.3) is 0 Å². The highest BCUT2D eigenvalue weighted by Gasteiger charge is 2.33. The molecule has 1 aromatic rings. The number of rotatable bonds is 1. The van der Waals surface area contributed by atoms with Gasteiger partial charge in [0.1, 0.15) is 0 Å². The Labute approximate surface area is 86.9 Å². The Bertz CT molecular complexity index is 331. The van der Waals surface area contributed by atoms with Crippen molar-refractivity contribution < 1.29 is 9.13 Å². The molecule has 1 aliphatic heterocycles. The van der Waals surface area contributed by atoms with Crippen LogP contribution in [-0.2, 0) is 10.3 Å². The van der Waals surface area contributed by atoms with E-state index in [0.717, 1.165) is 4.88 Å². The van der Waals surface area contributed by atoms with Gasteiger partial charge in [-0.25, -0.2) is 0 Å². The number of thiophene rings is 1. The Kier molecular flexibility index (Phi) is 2.60. The van der Waals surface area contributed by atoms with Crippen LogP contribution < -0.4 is 5.73 Å². The lowest BCUT2D eigenvalue weighted by Crippen LogP contribution is -2.42. The third kappa shape index (κ3) is 1.69. The van der Waals surface area contributed by atoms with E-state index in [2.05, 4.69) is 0 Å². The van der Waals surface area contributed by atoms with E-state index in [-0.39, 0.29) is 5.13 Å². The van der Waals surface area contributed by atoms with Crippen LogP contribution in [0.15, 0.2) is 6.07 Å². The summed E-state index contributed by atoms with van der Waals surface area (Å²) in [4.78, 5) is 0.980. The molecule has 0 unspecified atom stereocenters. The summed E-state index contributed by atoms with van der Waals surface area (Å²) in [6, 6.07) is 1.87. The predicted octanol–water partition coefficient (Wildman–Crippen LogP) is 2.16. The SMILES string of the molecule is Cc1cc(C2(N)CCOCC2)c(F)s1. The lowest BCUT2D eigenvalue weighted by atomic mass is 9.85. The van der Waals surface area contributed by atoms with Crippen LogP contribution in [0.5, 0.6) is 0 Å². The summed E-state index contributed by atoms with van der Waals surface area (Å²) < 4.78 is 18.8. The molecule has 14 heavy (non-hydrogen) atoms. The first-order chi connectivity index (χ1) is 6.62. The number of hydrogen-bond donors (Lipinski definition) is 1. The molecule has 2 N–H and O–H groups in total. The first kappa shape index (κ1) is 10.1. The van der Waals surface area contributed by atoms with Gasteiger partial charge in [-0.1, -0.05) is 0 Å². The second kappa shape index (κ2) is 3.61. The van der Waals surface area contributed by atoms with Gasteiger partial charge in [-0.05, 0) is 25.8 Å². The van der Waals surface area contributed by atoms with E-state index in [1.807, 2.05) is 13.0 Å². The highest BCUT2D eigenvalue weighted by molar-refractivity contribution is 7.10. The minimum atomic E-state index is -0.507. The van der Waals surface area contributed by atoms with Gasteiger partial charge in [-0.3, -0.25) is 0 Å². The molecule has 0 radical (unpaired) electrons. The standard InChI is InChI=1S/C10H14FNOS/c1-7-6-8(9(11)14-7)10(12)2-4-13-5-3-10/h6H,2-5,12H2,1H3. The summed E-state index contributed by atoms with van der Waals surface area (Å²) in [5.41, 5.74) is 6.34. The summed E-state index contributed by atoms with van der Waals surface area (Å²) in [5, 5.41) is -0.132. The van der Waals surface area contributed by atoms with Crippen molar-refractivity contribution in [3.8, 4) is 0 Å². The Morgan fingerprint density at radius 1 is 1.50 bits per heavy atom. The van der Waals surface area contributed by atoms with Gasteiger partial charge in [0.15, 0.2) is 5.13 Å². The molecule has 0 saturated carbocycles. The highest BCUT2D eigenvalue weighted by Crippen LogP contribution is 2.34. The van der Waals surface area contributed by atoms with Gasteiger partial charge < -0.3 is 10.5 Å². The second-order valence-corrected chi connectivity index (χ2v) is 5.02. The fourth-order valence-corrected chi connectivity index (χ4v) is 2.66. The van der Waals surface area contributed by atoms with Crippen LogP contribution in [0.3, 0.4) is 0 Å². The van der Waals surface area contributed by atoms with Crippen molar-refractivity contribution in [1.29, 1.82) is 0 Å². The molecule has 0 aliphatic carbocycles. The van der Waals surface area contributed by atoms with Crippen LogP contribution in [0.4, 0.5) is 4.39 Å². The zero-order chi connectivity index (χ0) is 10.2. The molecule has 0 amide bonds. The van der Waals surface area contributed by atoms with Gasteiger partial charge in [0.2, 0.25) is 0 Å². The quantitative estimate of drug-likeness (QED) is 0.779. The summed E-state index contributed by atoms with van der Waals surface area (Å²) in [5.74, 6) is 0. The van der Waals surface area contributed by atoms with Crippen molar-refractivity contribution in [1.82, 2.24) is 0 Å². The van der Waals surface area contributed by atoms with E-state index in [0.29, 0.717) is 31.6 Å². The van der Waals surface area contributed by atoms with Crippen molar-refractivity contribution in [2.24, 2.45) is 5.73 Å². The summed E-state index contributed by atoms with van der Waals surface area (Å²) in [6.07, 6.45) is 1.42. The smallest absolute Gasteiger partial charge is 0.181 e. The molecule has 0 atom stereocenters. The molecule has 1 fully saturated rings. The third-order valence-corrected chi connectivity index (χ3v) is 3.57. The number of nitrogens with two attached hydrogens (primary N) is 1. The first-order valence-corrected chi connectivity index (χ1v) is 5.56. The van der Waals surface area contributed by atoms with Crippen LogP contribution >= 0.6 is 11.3 Å². The summed E-state index contributed by atoms with van der Waals surface area (Å²) >= 11 is 1.17. The zero-order valence-electron chi connectivity index (χ0n) is 8.18. The topological polar surface area (TPSA) is 35.2 Å². The van der Waals surface area contributed by atoms with Crippen molar-refractivity contribution >= 4 is 11.3 Å². The van der Waals surface area contributed by atoms with Gasteiger partial charge >= 0.3 is 0 Å². The van der Waals surface area contributed by atoms with Crippen molar-refractivity contribution in [3.63, 3.8) is 0 Å². The molecule has 1 saturated heterocycles. The minimum absolute atomic E-state index is 0.132. The number of hydrogen-bond acceptors (Lipinski definition) is 3. The Hall–Kier alpha value is -0.450. The lowest BCUT2D eigenvalue weighted by Gasteiger charge is -2.32. The molecule has 0 aromatic carbocycles. The molecule has 2 rings (SSSR count). The van der Waals surface area contributed by atoms with Gasteiger partial charge in [-0.2, -0.15) is 4.39 Å². The average molecular weight is 215 g/mol. The zero-order valence-corrected chi connectivity index (χ0v) is 8.99. The van der Waals surface area contributed by atoms with E-state index in [1.165, 1.54) is 11.3 Å². The lowest BCUT2D eigenvalue weighted by molar-refractivity contribution is 0.0513. The molecular weight excluding hydrogens is 201 g/mol. The fraction of sp³-hybridized carbons (Fsp3) is 0.600. The fourth-order valence-electron chi connectivity index (χ4n) is 1.83. The number of halogens is 1. The number of ether oxygens (including phenoxy) is 1. The Morgan fingerprint density at radius 3 is 2.64 bits per heavy atom. The van der Waals surface area contributed by atoms with Crippen molar-refractivity contribution in [2.45, 2.75) is 25.3 Å². The Morgan fingerprint density at radius 2 is 2.14 bits per heavy atom. The highest BCUT2D eigenvalue weighted by atomic mass is 32.1. The van der Waals surface area contributed by atoms with Gasteiger partial charge in [0, 0.05) is 29.2 Å². The number of aryl methyl sites for hydroxylation is 1. The second-order valence-electron chi connectivity index (χ2n) is 3.81. The average Bonchev–Trinajstić information content (AvgIpc) is 2.47. The summed E-state index contributed by atoms with van der Waals surface area (Å²) in [7, 11) is 0.